The number of aromatic nitrogens is 3. The van der Waals surface area contributed by atoms with Crippen LogP contribution in [0.1, 0.15) is 0 Å². The van der Waals surface area contributed by atoms with E-state index in [1.165, 1.54) is 9.81 Å². The molecular weight excluding hydrogens is 180 g/mol. The van der Waals surface area contributed by atoms with Crippen molar-refractivity contribution >= 4 is 0 Å². The molecule has 1 heterocycles. The van der Waals surface area contributed by atoms with Gasteiger partial charge in [-0.05, 0) is 0 Å². The van der Waals surface area contributed by atoms with Gasteiger partial charge in [0.1, 0.15) is 0 Å². The van der Waals surface area contributed by atoms with Crippen LogP contribution in [0.2, 0.25) is 0 Å². The number of nitrogens with one attached hydrogen (secondary N) is 9. The fraction of sp³-hybridized carbons (Fsp3) is 1.00. The van der Waals surface area contributed by atoms with Gasteiger partial charge in [-0.25, -0.2) is 16.5 Å². The van der Waals surface area contributed by atoms with Crippen LogP contribution in [-0.4, -0.2) is 22.1 Å². The van der Waals surface area contributed by atoms with Gasteiger partial charge in [-0.3, -0.25) is 5.84 Å². The van der Waals surface area contributed by atoms with Crippen LogP contribution >= 0.6 is 0 Å². The molecule has 11 N–H and O–H groups in total. The Balaban J connectivity index is 1.89. The molecule has 1 aromatic rings. The summed E-state index contributed by atoms with van der Waals surface area (Å²) in [4.78, 5) is 3.03. The maximum Gasteiger partial charge on any atom is 0.00495 e. The summed E-state index contributed by atoms with van der Waals surface area (Å²) in [6.45, 7) is 0. The second-order valence-electron chi connectivity index (χ2n) is 1.84. The number of rotatable bonds is 8. The highest BCUT2D eigenvalue weighted by molar-refractivity contribution is 4.57. The molecule has 0 aliphatic carbocycles. The third kappa shape index (κ3) is 3.76. The SMILES string of the molecule is CNNn1[nH]n1NNNNNNN. The third-order valence-electron chi connectivity index (χ3n) is 0.989. The van der Waals surface area contributed by atoms with Crippen LogP contribution in [0.5, 0.6) is 0 Å². The molecule has 0 aliphatic heterocycles. The summed E-state index contributed by atoms with van der Waals surface area (Å²) in [7, 11) is 1.74. The van der Waals surface area contributed by atoms with Gasteiger partial charge in [0, 0.05) is 7.05 Å². The minimum atomic E-state index is 1.50. The quantitative estimate of drug-likeness (QED) is 0.112. The summed E-state index contributed by atoms with van der Waals surface area (Å²) in [5.41, 5.74) is 20.1. The van der Waals surface area contributed by atoms with Gasteiger partial charge in [0.05, 0.1) is 0 Å². The lowest BCUT2D eigenvalue weighted by atomic mass is 11.5. The van der Waals surface area contributed by atoms with E-state index in [-0.39, 0.29) is 0 Å². The van der Waals surface area contributed by atoms with E-state index >= 15 is 0 Å². The Hall–Kier alpha value is -1.28. The van der Waals surface area contributed by atoms with E-state index in [2.05, 4.69) is 49.4 Å². The number of nitrogens with two attached hydrogens (primary N) is 1. The van der Waals surface area contributed by atoms with E-state index in [1.54, 1.807) is 7.05 Å². The average molecular weight is 194 g/mol. The van der Waals surface area contributed by atoms with Gasteiger partial charge in [0.2, 0.25) is 0 Å². The summed E-state index contributed by atoms with van der Waals surface area (Å²) >= 11 is 0. The smallest absolute Gasteiger partial charge is 0.00495 e. The highest BCUT2D eigenvalue weighted by atomic mass is 16.1. The molecule has 12 heteroatoms. The molecule has 12 nitrogen and oxygen atoms in total. The van der Waals surface area contributed by atoms with Gasteiger partial charge in [-0.1, -0.05) is 9.81 Å². The summed E-state index contributed by atoms with van der Waals surface area (Å²) in [6, 6.07) is 0. The Morgan fingerprint density at radius 3 is 2.38 bits per heavy atom. The van der Waals surface area contributed by atoms with Crippen molar-refractivity contribution in [3.63, 3.8) is 0 Å². The molecule has 0 unspecified atom stereocenters. The zero-order valence-corrected chi connectivity index (χ0v) is 6.97. The molecular formula is CH14N12. The van der Waals surface area contributed by atoms with Crippen LogP contribution in [0.25, 0.3) is 0 Å². The Bertz CT molecular complexity index is 190. The molecule has 0 spiro atoms. The van der Waals surface area contributed by atoms with Gasteiger partial charge >= 0.3 is 0 Å². The normalized spacial score (nSPS) is 10.6. The fourth-order valence-corrected chi connectivity index (χ4v) is 0.505. The van der Waals surface area contributed by atoms with Crippen molar-refractivity contribution in [2.45, 2.75) is 0 Å². The molecule has 0 saturated heterocycles. The number of aromatic amines is 1. The zero-order valence-electron chi connectivity index (χ0n) is 6.97. The second-order valence-corrected chi connectivity index (χ2v) is 1.84. The monoisotopic (exact) mass is 194 g/mol. The van der Waals surface area contributed by atoms with Gasteiger partial charge in [0.25, 0.3) is 0 Å². The first-order valence-corrected chi connectivity index (χ1v) is 3.38. The second kappa shape index (κ2) is 5.38. The van der Waals surface area contributed by atoms with E-state index in [9.17, 15) is 0 Å². The Morgan fingerprint density at radius 2 is 1.69 bits per heavy atom. The molecule has 13 heavy (non-hydrogen) atoms. The topological polar surface area (TPSA) is 148 Å². The van der Waals surface area contributed by atoms with Crippen LogP contribution in [-0.2, 0) is 0 Å². The van der Waals surface area contributed by atoms with Crippen LogP contribution in [0.15, 0.2) is 0 Å². The summed E-state index contributed by atoms with van der Waals surface area (Å²) in [6.07, 6.45) is 0. The van der Waals surface area contributed by atoms with E-state index in [4.69, 9.17) is 5.84 Å². The summed E-state index contributed by atoms with van der Waals surface area (Å²) in [5.74, 6) is 4.88. The van der Waals surface area contributed by atoms with Crippen molar-refractivity contribution < 1.29 is 0 Å². The van der Waals surface area contributed by atoms with Crippen molar-refractivity contribution in [1.29, 1.82) is 0 Å². The molecule has 1 aromatic heterocycles. The highest BCUT2D eigenvalue weighted by Crippen LogP contribution is 1.73. The number of hydrazine groups is 7. The average Bonchev–Trinajstić information content (AvgIpc) is 2.84. The van der Waals surface area contributed by atoms with Gasteiger partial charge in [0.15, 0.2) is 0 Å². The lowest BCUT2D eigenvalue weighted by Gasteiger charge is -2.07. The molecule has 0 fully saturated rings. The van der Waals surface area contributed by atoms with Crippen molar-refractivity contribution in [3.8, 4) is 0 Å². The number of H-pyrrole nitrogens is 1. The van der Waals surface area contributed by atoms with Crippen LogP contribution in [0.3, 0.4) is 0 Å². The van der Waals surface area contributed by atoms with Gasteiger partial charge in [-0.2, -0.15) is 27.4 Å². The maximum absolute atomic E-state index is 4.88. The first-order valence-electron chi connectivity index (χ1n) is 3.38. The largest absolute Gasteiger partial charge is 0.257 e. The van der Waals surface area contributed by atoms with E-state index < -0.39 is 0 Å². The molecule has 0 bridgehead atoms. The highest BCUT2D eigenvalue weighted by Gasteiger charge is 2.00. The number of nitrogens with zero attached hydrogens (tertiary/aromatic N) is 2. The summed E-state index contributed by atoms with van der Waals surface area (Å²) < 4.78 is 0. The molecule has 78 valence electrons. The minimum Gasteiger partial charge on any atom is -0.257 e. The van der Waals surface area contributed by atoms with Crippen molar-refractivity contribution in [1.82, 2.24) is 48.1 Å². The van der Waals surface area contributed by atoms with Crippen molar-refractivity contribution in [2.75, 3.05) is 18.1 Å². The maximum atomic E-state index is 4.88. The Labute approximate surface area is 73.2 Å². The fourth-order valence-electron chi connectivity index (χ4n) is 0.505. The third-order valence-corrected chi connectivity index (χ3v) is 0.989. The Kier molecular flexibility index (Phi) is 4.06. The van der Waals surface area contributed by atoms with E-state index in [1.807, 2.05) is 0 Å². The zero-order chi connectivity index (χ0) is 9.52. The molecule has 0 aromatic carbocycles. The molecule has 0 atom stereocenters. The van der Waals surface area contributed by atoms with Crippen molar-refractivity contribution in [3.05, 3.63) is 0 Å². The van der Waals surface area contributed by atoms with E-state index in [0.29, 0.717) is 0 Å². The lowest BCUT2D eigenvalue weighted by Crippen LogP contribution is -2.59. The molecule has 0 aliphatic rings. The number of hydrogen-bond acceptors (Lipinski definition) is 9. The van der Waals surface area contributed by atoms with Crippen LogP contribution < -0.4 is 50.0 Å². The van der Waals surface area contributed by atoms with Gasteiger partial charge < -0.3 is 0 Å². The first kappa shape index (κ1) is 9.81. The van der Waals surface area contributed by atoms with Crippen LogP contribution in [0.4, 0.5) is 0 Å². The molecule has 0 saturated carbocycles. The van der Waals surface area contributed by atoms with E-state index in [0.717, 1.165) is 0 Å². The van der Waals surface area contributed by atoms with Gasteiger partial charge in [-0.15, -0.1) is 5.53 Å². The van der Waals surface area contributed by atoms with Crippen molar-refractivity contribution in [2.24, 2.45) is 5.84 Å². The summed E-state index contributed by atoms with van der Waals surface area (Å²) in [5, 5.41) is 2.75. The number of hydrogen-bond donors (Lipinski definition) is 10. The lowest BCUT2D eigenvalue weighted by molar-refractivity contribution is 0.331. The molecule has 0 radical (unpaired) electrons. The predicted molar refractivity (Wildman–Crippen MR) is 44.4 cm³/mol. The molecule has 0 amide bonds. The minimum absolute atomic E-state index is 1.50. The van der Waals surface area contributed by atoms with Crippen LogP contribution in [0, 0.1) is 0 Å². The first-order chi connectivity index (χ1) is 6.38. The predicted octanol–water partition coefficient (Wildman–Crippen LogP) is -4.76. The molecule has 1 rings (SSSR count). The Morgan fingerprint density at radius 1 is 1.00 bits per heavy atom. The standard InChI is InChI=1S/CH14N12/c1-3-9-12-11-13(12)10-8-7-6-5-4-2/h3-11H,2H2,1H3.